The molecule has 2 aromatic rings. The molecule has 2 rings (SSSR count). The monoisotopic (exact) mass is 218 g/mol. The lowest BCUT2D eigenvalue weighted by Gasteiger charge is -2.01. The van der Waals surface area contributed by atoms with Gasteiger partial charge in [-0.05, 0) is 12.1 Å². The first-order valence-electron chi connectivity index (χ1n) is 4.89. The van der Waals surface area contributed by atoms with E-state index >= 15 is 0 Å². The number of fused-ring (bicyclic) bond motifs is 1. The predicted molar refractivity (Wildman–Crippen MR) is 59.3 cm³/mol. The Kier molecular flexibility index (Phi) is 2.68. The highest BCUT2D eigenvalue weighted by atomic mass is 16.6. The molecule has 16 heavy (non-hydrogen) atoms. The quantitative estimate of drug-likeness (QED) is 0.448. The molecule has 0 N–H and O–H groups in total. The summed E-state index contributed by atoms with van der Waals surface area (Å²) >= 11 is 0. The second-order valence-electron chi connectivity index (χ2n) is 3.46. The number of benzene rings is 1. The molecular formula is C11H10N2O3. The van der Waals surface area contributed by atoms with E-state index in [2.05, 4.69) is 0 Å². The first kappa shape index (κ1) is 10.4. The molecule has 0 atom stereocenters. The van der Waals surface area contributed by atoms with Crippen molar-refractivity contribution in [1.29, 1.82) is 0 Å². The average Bonchev–Trinajstić information content (AvgIpc) is 2.68. The van der Waals surface area contributed by atoms with Crippen LogP contribution in [0.4, 0.5) is 5.69 Å². The van der Waals surface area contributed by atoms with Gasteiger partial charge in [0, 0.05) is 42.2 Å². The third-order valence-electron chi connectivity index (χ3n) is 2.45. The van der Waals surface area contributed by atoms with Crippen LogP contribution in [0.25, 0.3) is 10.9 Å². The van der Waals surface area contributed by atoms with Crippen molar-refractivity contribution < 1.29 is 9.72 Å². The van der Waals surface area contributed by atoms with Crippen LogP contribution in [0.5, 0.6) is 0 Å². The second-order valence-corrected chi connectivity index (χ2v) is 3.46. The molecule has 0 bridgehead atoms. The summed E-state index contributed by atoms with van der Waals surface area (Å²) in [6.07, 6.45) is 3.13. The number of rotatable bonds is 4. The Morgan fingerprint density at radius 1 is 1.38 bits per heavy atom. The molecule has 1 aromatic heterocycles. The second kappa shape index (κ2) is 4.14. The van der Waals surface area contributed by atoms with E-state index in [4.69, 9.17) is 0 Å². The van der Waals surface area contributed by atoms with E-state index in [1.807, 2.05) is 16.8 Å². The van der Waals surface area contributed by atoms with Crippen molar-refractivity contribution in [3.05, 3.63) is 40.6 Å². The van der Waals surface area contributed by atoms with Gasteiger partial charge in [-0.25, -0.2) is 0 Å². The van der Waals surface area contributed by atoms with E-state index in [0.29, 0.717) is 13.0 Å². The molecule has 0 unspecified atom stereocenters. The molecule has 0 saturated carbocycles. The number of aromatic nitrogens is 1. The summed E-state index contributed by atoms with van der Waals surface area (Å²) in [6, 6.07) is 6.53. The molecular weight excluding hydrogens is 208 g/mol. The van der Waals surface area contributed by atoms with E-state index in [1.165, 1.54) is 12.1 Å². The van der Waals surface area contributed by atoms with Gasteiger partial charge in [0.05, 0.1) is 4.92 Å². The van der Waals surface area contributed by atoms with E-state index in [1.54, 1.807) is 6.07 Å². The number of nitro groups is 1. The van der Waals surface area contributed by atoms with Crippen LogP contribution in [-0.4, -0.2) is 15.8 Å². The molecule has 0 aliphatic heterocycles. The lowest BCUT2D eigenvalue weighted by atomic mass is 10.2. The molecule has 0 amide bonds. The van der Waals surface area contributed by atoms with E-state index in [-0.39, 0.29) is 5.69 Å². The SMILES string of the molecule is O=CCCn1ccc2cc([N+](=O)[O-])ccc21. The van der Waals surface area contributed by atoms with Gasteiger partial charge in [0.2, 0.25) is 0 Å². The van der Waals surface area contributed by atoms with Crippen LogP contribution >= 0.6 is 0 Å². The number of nitrogens with zero attached hydrogens (tertiary/aromatic N) is 2. The van der Waals surface area contributed by atoms with Gasteiger partial charge in [0.15, 0.2) is 0 Å². The highest BCUT2D eigenvalue weighted by molar-refractivity contribution is 5.82. The van der Waals surface area contributed by atoms with Crippen molar-refractivity contribution in [3.8, 4) is 0 Å². The van der Waals surface area contributed by atoms with Crippen LogP contribution in [0, 0.1) is 10.1 Å². The smallest absolute Gasteiger partial charge is 0.270 e. The lowest BCUT2D eigenvalue weighted by Crippen LogP contribution is -1.96. The van der Waals surface area contributed by atoms with E-state index < -0.39 is 4.92 Å². The van der Waals surface area contributed by atoms with Crippen molar-refractivity contribution in [2.45, 2.75) is 13.0 Å². The van der Waals surface area contributed by atoms with Crippen molar-refractivity contribution in [1.82, 2.24) is 4.57 Å². The summed E-state index contributed by atoms with van der Waals surface area (Å²) in [7, 11) is 0. The normalized spacial score (nSPS) is 10.5. The van der Waals surface area contributed by atoms with Gasteiger partial charge < -0.3 is 9.36 Å². The fourth-order valence-corrected chi connectivity index (χ4v) is 1.69. The van der Waals surface area contributed by atoms with E-state index in [0.717, 1.165) is 17.2 Å². The van der Waals surface area contributed by atoms with Gasteiger partial charge >= 0.3 is 0 Å². The number of nitro benzene ring substituents is 1. The van der Waals surface area contributed by atoms with Crippen molar-refractivity contribution in [2.24, 2.45) is 0 Å². The molecule has 5 heteroatoms. The van der Waals surface area contributed by atoms with Crippen LogP contribution in [-0.2, 0) is 11.3 Å². The maximum Gasteiger partial charge on any atom is 0.270 e. The van der Waals surface area contributed by atoms with Crippen LogP contribution < -0.4 is 0 Å². The van der Waals surface area contributed by atoms with E-state index in [9.17, 15) is 14.9 Å². The number of aldehydes is 1. The summed E-state index contributed by atoms with van der Waals surface area (Å²) in [6.45, 7) is 0.602. The predicted octanol–water partition coefficient (Wildman–Crippen LogP) is 2.14. The van der Waals surface area contributed by atoms with Crippen molar-refractivity contribution in [3.63, 3.8) is 0 Å². The highest BCUT2D eigenvalue weighted by Gasteiger charge is 2.08. The fourth-order valence-electron chi connectivity index (χ4n) is 1.69. The lowest BCUT2D eigenvalue weighted by molar-refractivity contribution is -0.384. The zero-order valence-electron chi connectivity index (χ0n) is 8.50. The van der Waals surface area contributed by atoms with Gasteiger partial charge in [-0.2, -0.15) is 0 Å². The first-order chi connectivity index (χ1) is 7.72. The van der Waals surface area contributed by atoms with Gasteiger partial charge in [0.1, 0.15) is 6.29 Å². The van der Waals surface area contributed by atoms with Crippen LogP contribution in [0.2, 0.25) is 0 Å². The topological polar surface area (TPSA) is 65.1 Å². The molecule has 0 aliphatic rings. The Bertz CT molecular complexity index is 545. The maximum atomic E-state index is 10.6. The minimum absolute atomic E-state index is 0.0839. The Hall–Kier alpha value is -2.17. The van der Waals surface area contributed by atoms with Crippen molar-refractivity contribution in [2.75, 3.05) is 0 Å². The zero-order valence-corrected chi connectivity index (χ0v) is 8.50. The third kappa shape index (κ3) is 1.79. The molecule has 0 fully saturated rings. The summed E-state index contributed by atoms with van der Waals surface area (Å²) in [4.78, 5) is 20.4. The first-order valence-corrected chi connectivity index (χ1v) is 4.89. The van der Waals surface area contributed by atoms with Crippen LogP contribution in [0.3, 0.4) is 0 Å². The summed E-state index contributed by atoms with van der Waals surface area (Å²) in [5.74, 6) is 0. The third-order valence-corrected chi connectivity index (χ3v) is 2.45. The molecule has 0 saturated heterocycles. The van der Waals surface area contributed by atoms with Gasteiger partial charge in [0.25, 0.3) is 5.69 Å². The zero-order chi connectivity index (χ0) is 11.5. The minimum atomic E-state index is -0.414. The number of non-ortho nitro benzene ring substituents is 1. The molecule has 0 radical (unpaired) electrons. The molecule has 82 valence electrons. The molecule has 0 aliphatic carbocycles. The number of carbonyl (C=O) groups excluding carboxylic acids is 1. The van der Waals surface area contributed by atoms with Crippen LogP contribution in [0.1, 0.15) is 6.42 Å². The molecule has 5 nitrogen and oxygen atoms in total. The fraction of sp³-hybridized carbons (Fsp3) is 0.182. The minimum Gasteiger partial charge on any atom is -0.347 e. The van der Waals surface area contributed by atoms with Gasteiger partial charge in [-0.3, -0.25) is 10.1 Å². The summed E-state index contributed by atoms with van der Waals surface area (Å²) in [5.41, 5.74) is 0.994. The van der Waals surface area contributed by atoms with Gasteiger partial charge in [-0.15, -0.1) is 0 Å². The summed E-state index contributed by atoms with van der Waals surface area (Å²) < 4.78 is 1.91. The molecule has 1 heterocycles. The molecule has 0 spiro atoms. The summed E-state index contributed by atoms with van der Waals surface area (Å²) in [5, 5.41) is 11.4. The highest BCUT2D eigenvalue weighted by Crippen LogP contribution is 2.21. The van der Waals surface area contributed by atoms with Gasteiger partial charge in [-0.1, -0.05) is 0 Å². The molecule has 1 aromatic carbocycles. The standard InChI is InChI=1S/C11H10N2O3/c14-7-1-5-12-6-4-9-8-10(13(15)16)2-3-11(9)12/h2-4,6-8H,1,5H2. The van der Waals surface area contributed by atoms with Crippen molar-refractivity contribution >= 4 is 22.9 Å². The Balaban J connectivity index is 2.42. The number of hydrogen-bond donors (Lipinski definition) is 0. The number of hydrogen-bond acceptors (Lipinski definition) is 3. The number of carbonyl (C=O) groups is 1. The Labute approximate surface area is 91.4 Å². The number of aryl methyl sites for hydroxylation is 1. The maximum absolute atomic E-state index is 10.6. The van der Waals surface area contributed by atoms with Crippen LogP contribution in [0.15, 0.2) is 30.5 Å². The largest absolute Gasteiger partial charge is 0.347 e. The average molecular weight is 218 g/mol. The Morgan fingerprint density at radius 3 is 2.88 bits per heavy atom. The Morgan fingerprint density at radius 2 is 2.19 bits per heavy atom.